The molecule has 0 aromatic heterocycles. The van der Waals surface area contributed by atoms with Crippen LogP contribution in [-0.4, -0.2) is 29.3 Å². The number of Topliss-reactive ketones (excluding diaryl/α,β-unsaturated/α-hetero) is 1. The summed E-state index contributed by atoms with van der Waals surface area (Å²) in [4.78, 5) is 14.7. The minimum atomic E-state index is 0.211. The fourth-order valence-corrected chi connectivity index (χ4v) is 3.23. The van der Waals surface area contributed by atoms with E-state index in [2.05, 4.69) is 34.7 Å². The molecule has 0 saturated carbocycles. The summed E-state index contributed by atoms with van der Waals surface area (Å²) >= 11 is 3.45. The van der Waals surface area contributed by atoms with Crippen molar-refractivity contribution in [1.29, 1.82) is 0 Å². The van der Waals surface area contributed by atoms with Crippen molar-refractivity contribution in [3.05, 3.63) is 34.3 Å². The standard InChI is InChI=1S/C15H20BrNO/c1-11-6-5-7-12(2)17(11)10-15(18)13-8-3-4-9-14(13)16/h3-4,8-9,11-12H,5-7,10H2,1-2H3. The fraction of sp³-hybridized carbons (Fsp3) is 0.533. The quantitative estimate of drug-likeness (QED) is 0.789. The van der Waals surface area contributed by atoms with Crippen molar-refractivity contribution >= 4 is 21.7 Å². The van der Waals surface area contributed by atoms with Crippen LogP contribution in [0.4, 0.5) is 0 Å². The van der Waals surface area contributed by atoms with Crippen molar-refractivity contribution in [2.75, 3.05) is 6.54 Å². The highest BCUT2D eigenvalue weighted by Crippen LogP contribution is 2.24. The van der Waals surface area contributed by atoms with Crippen LogP contribution in [0, 0.1) is 0 Å². The highest BCUT2D eigenvalue weighted by molar-refractivity contribution is 9.10. The Morgan fingerprint density at radius 3 is 2.50 bits per heavy atom. The average Bonchev–Trinajstić information content (AvgIpc) is 2.34. The maximum absolute atomic E-state index is 12.4. The second-order valence-corrected chi connectivity index (χ2v) is 6.06. The predicted molar refractivity (Wildman–Crippen MR) is 78.0 cm³/mol. The van der Waals surface area contributed by atoms with Crippen LogP contribution < -0.4 is 0 Å². The van der Waals surface area contributed by atoms with E-state index in [1.807, 2.05) is 24.3 Å². The third-order valence-corrected chi connectivity index (χ3v) is 4.57. The van der Waals surface area contributed by atoms with E-state index in [1.165, 1.54) is 19.3 Å². The Morgan fingerprint density at radius 2 is 1.89 bits per heavy atom. The number of rotatable bonds is 3. The molecule has 0 bridgehead atoms. The molecule has 98 valence electrons. The van der Waals surface area contributed by atoms with Gasteiger partial charge in [-0.15, -0.1) is 0 Å². The van der Waals surface area contributed by atoms with Gasteiger partial charge in [0, 0.05) is 22.1 Å². The van der Waals surface area contributed by atoms with E-state index >= 15 is 0 Å². The second-order valence-electron chi connectivity index (χ2n) is 5.20. The van der Waals surface area contributed by atoms with Crippen molar-refractivity contribution in [2.24, 2.45) is 0 Å². The van der Waals surface area contributed by atoms with Crippen molar-refractivity contribution in [2.45, 2.75) is 45.2 Å². The summed E-state index contributed by atoms with van der Waals surface area (Å²) in [6.07, 6.45) is 3.68. The Bertz CT molecular complexity index is 422. The van der Waals surface area contributed by atoms with Crippen molar-refractivity contribution in [1.82, 2.24) is 4.90 Å². The number of hydrogen-bond donors (Lipinski definition) is 0. The van der Waals surface area contributed by atoms with E-state index in [4.69, 9.17) is 0 Å². The van der Waals surface area contributed by atoms with Gasteiger partial charge in [-0.3, -0.25) is 9.69 Å². The molecule has 2 nitrogen and oxygen atoms in total. The van der Waals surface area contributed by atoms with E-state index in [1.54, 1.807) is 0 Å². The summed E-state index contributed by atoms with van der Waals surface area (Å²) in [7, 11) is 0. The van der Waals surface area contributed by atoms with Crippen LogP contribution in [0.3, 0.4) is 0 Å². The molecule has 2 atom stereocenters. The lowest BCUT2D eigenvalue weighted by atomic mass is 9.96. The van der Waals surface area contributed by atoms with Crippen LogP contribution in [0.15, 0.2) is 28.7 Å². The van der Waals surface area contributed by atoms with Gasteiger partial charge in [0.2, 0.25) is 0 Å². The third kappa shape index (κ3) is 3.01. The zero-order valence-electron chi connectivity index (χ0n) is 11.0. The van der Waals surface area contributed by atoms with Crippen LogP contribution in [0.25, 0.3) is 0 Å². The summed E-state index contributed by atoms with van der Waals surface area (Å²) in [6, 6.07) is 8.70. The molecule has 0 aliphatic carbocycles. The molecule has 18 heavy (non-hydrogen) atoms. The molecule has 0 radical (unpaired) electrons. The summed E-state index contributed by atoms with van der Waals surface area (Å²) in [5.74, 6) is 0.211. The molecule has 0 N–H and O–H groups in total. The summed E-state index contributed by atoms with van der Waals surface area (Å²) in [6.45, 7) is 4.98. The van der Waals surface area contributed by atoms with Crippen molar-refractivity contribution < 1.29 is 4.79 Å². The molecule has 0 amide bonds. The zero-order valence-corrected chi connectivity index (χ0v) is 12.6. The number of piperidine rings is 1. The molecule has 0 spiro atoms. The first-order chi connectivity index (χ1) is 8.59. The van der Waals surface area contributed by atoms with Gasteiger partial charge in [-0.25, -0.2) is 0 Å². The number of halogens is 1. The van der Waals surface area contributed by atoms with E-state index in [0.717, 1.165) is 10.0 Å². The number of likely N-dealkylation sites (tertiary alicyclic amines) is 1. The Morgan fingerprint density at radius 1 is 1.28 bits per heavy atom. The first-order valence-electron chi connectivity index (χ1n) is 6.63. The number of carbonyl (C=O) groups is 1. The van der Waals surface area contributed by atoms with Gasteiger partial charge in [-0.2, -0.15) is 0 Å². The van der Waals surface area contributed by atoms with Crippen molar-refractivity contribution in [3.8, 4) is 0 Å². The molecule has 1 aromatic rings. The van der Waals surface area contributed by atoms with E-state index in [-0.39, 0.29) is 5.78 Å². The predicted octanol–water partition coefficient (Wildman–Crippen LogP) is 3.89. The minimum Gasteiger partial charge on any atom is -0.293 e. The number of nitrogens with zero attached hydrogens (tertiary/aromatic N) is 1. The van der Waals surface area contributed by atoms with E-state index in [9.17, 15) is 4.79 Å². The molecule has 1 aromatic carbocycles. The highest BCUT2D eigenvalue weighted by Gasteiger charge is 2.26. The number of benzene rings is 1. The molecule has 1 fully saturated rings. The lowest BCUT2D eigenvalue weighted by Gasteiger charge is -2.38. The van der Waals surface area contributed by atoms with E-state index in [0.29, 0.717) is 18.6 Å². The summed E-state index contributed by atoms with van der Waals surface area (Å²) in [5, 5.41) is 0. The Kier molecular flexibility index (Phi) is 4.57. The zero-order chi connectivity index (χ0) is 13.1. The largest absolute Gasteiger partial charge is 0.293 e. The summed E-state index contributed by atoms with van der Waals surface area (Å²) < 4.78 is 0.896. The SMILES string of the molecule is CC1CCCC(C)N1CC(=O)c1ccccc1Br. The molecule has 1 aliphatic heterocycles. The van der Waals surface area contributed by atoms with Gasteiger partial charge in [0.1, 0.15) is 0 Å². The molecule has 1 aliphatic rings. The van der Waals surface area contributed by atoms with Crippen LogP contribution in [0.1, 0.15) is 43.5 Å². The lowest BCUT2D eigenvalue weighted by molar-refractivity contribution is 0.0733. The lowest BCUT2D eigenvalue weighted by Crippen LogP contribution is -2.46. The van der Waals surface area contributed by atoms with Gasteiger partial charge < -0.3 is 0 Å². The molecule has 1 heterocycles. The van der Waals surface area contributed by atoms with E-state index < -0.39 is 0 Å². The van der Waals surface area contributed by atoms with Gasteiger partial charge in [0.25, 0.3) is 0 Å². The van der Waals surface area contributed by atoms with Gasteiger partial charge in [-0.1, -0.05) is 40.5 Å². The first-order valence-corrected chi connectivity index (χ1v) is 7.42. The Hall–Kier alpha value is -0.670. The monoisotopic (exact) mass is 309 g/mol. The van der Waals surface area contributed by atoms with Gasteiger partial charge in [-0.05, 0) is 32.8 Å². The normalized spacial score (nSPS) is 25.1. The van der Waals surface area contributed by atoms with Crippen LogP contribution in [-0.2, 0) is 0 Å². The molecule has 2 rings (SSSR count). The second kappa shape index (κ2) is 5.98. The third-order valence-electron chi connectivity index (χ3n) is 3.88. The average molecular weight is 310 g/mol. The molecular formula is C15H20BrNO. The Balaban J connectivity index is 2.09. The van der Waals surface area contributed by atoms with Crippen LogP contribution in [0.5, 0.6) is 0 Å². The van der Waals surface area contributed by atoms with Gasteiger partial charge in [0.05, 0.1) is 6.54 Å². The number of hydrogen-bond acceptors (Lipinski definition) is 2. The number of ketones is 1. The molecular weight excluding hydrogens is 290 g/mol. The highest BCUT2D eigenvalue weighted by atomic mass is 79.9. The topological polar surface area (TPSA) is 20.3 Å². The molecule has 1 saturated heterocycles. The maximum Gasteiger partial charge on any atom is 0.177 e. The van der Waals surface area contributed by atoms with Crippen molar-refractivity contribution in [3.63, 3.8) is 0 Å². The Labute approximate surface area is 117 Å². The van der Waals surface area contributed by atoms with Crippen LogP contribution in [0.2, 0.25) is 0 Å². The maximum atomic E-state index is 12.4. The molecule has 2 unspecified atom stereocenters. The smallest absolute Gasteiger partial charge is 0.177 e. The number of carbonyl (C=O) groups excluding carboxylic acids is 1. The fourth-order valence-electron chi connectivity index (χ4n) is 2.72. The van der Waals surface area contributed by atoms with Gasteiger partial charge >= 0.3 is 0 Å². The summed E-state index contributed by atoms with van der Waals surface area (Å²) in [5.41, 5.74) is 0.794. The van der Waals surface area contributed by atoms with Gasteiger partial charge in [0.15, 0.2) is 5.78 Å². The molecule has 3 heteroatoms. The van der Waals surface area contributed by atoms with Crippen LogP contribution >= 0.6 is 15.9 Å². The minimum absolute atomic E-state index is 0.211. The first kappa shape index (κ1) is 13.8.